The van der Waals surface area contributed by atoms with Crippen LogP contribution < -0.4 is 15.2 Å². The fraction of sp³-hybridized carbons (Fsp3) is 0.250. The molecule has 0 spiro atoms. The van der Waals surface area contributed by atoms with Crippen LogP contribution in [-0.2, 0) is 0 Å². The first kappa shape index (κ1) is 14.9. The predicted octanol–water partition coefficient (Wildman–Crippen LogP) is 4.66. The molecule has 3 nitrogen and oxygen atoms in total. The number of hydrogen-bond donors (Lipinski definition) is 1. The quantitative estimate of drug-likeness (QED) is 0.864. The van der Waals surface area contributed by atoms with Crippen LogP contribution in [0, 0.1) is 0 Å². The Morgan fingerprint density at radius 3 is 2.20 bits per heavy atom. The highest BCUT2D eigenvalue weighted by molar-refractivity contribution is 9.10. The zero-order valence-electron chi connectivity index (χ0n) is 11.6. The Morgan fingerprint density at radius 2 is 1.65 bits per heavy atom. The summed E-state index contributed by atoms with van der Waals surface area (Å²) in [5.41, 5.74) is 6.94. The SMILES string of the molecule is CCOc1ccc(Oc2ccc([C@@H](C)N)c(Br)c2)cc1. The number of hydrogen-bond acceptors (Lipinski definition) is 3. The Hall–Kier alpha value is -1.52. The molecule has 2 aromatic rings. The van der Waals surface area contributed by atoms with Gasteiger partial charge in [0.25, 0.3) is 0 Å². The first-order valence-corrected chi connectivity index (χ1v) is 7.35. The van der Waals surface area contributed by atoms with E-state index in [4.69, 9.17) is 15.2 Å². The van der Waals surface area contributed by atoms with E-state index in [9.17, 15) is 0 Å². The minimum Gasteiger partial charge on any atom is -0.494 e. The lowest BCUT2D eigenvalue weighted by Gasteiger charge is -2.11. The number of nitrogens with two attached hydrogens (primary N) is 1. The van der Waals surface area contributed by atoms with Crippen molar-refractivity contribution in [2.45, 2.75) is 19.9 Å². The molecule has 2 N–H and O–H groups in total. The Balaban J connectivity index is 2.11. The summed E-state index contributed by atoms with van der Waals surface area (Å²) in [5.74, 6) is 2.38. The molecule has 0 aliphatic rings. The second kappa shape index (κ2) is 6.77. The highest BCUT2D eigenvalue weighted by Gasteiger charge is 2.07. The molecule has 0 aromatic heterocycles. The summed E-state index contributed by atoms with van der Waals surface area (Å²) >= 11 is 3.51. The van der Waals surface area contributed by atoms with Gasteiger partial charge in [-0.3, -0.25) is 0 Å². The lowest BCUT2D eigenvalue weighted by molar-refractivity contribution is 0.339. The van der Waals surface area contributed by atoms with E-state index in [1.807, 2.05) is 56.3 Å². The van der Waals surface area contributed by atoms with Crippen molar-refractivity contribution in [1.82, 2.24) is 0 Å². The van der Waals surface area contributed by atoms with Gasteiger partial charge in [-0.15, -0.1) is 0 Å². The van der Waals surface area contributed by atoms with Crippen LogP contribution in [0.3, 0.4) is 0 Å². The molecule has 0 aliphatic heterocycles. The molecule has 0 saturated carbocycles. The van der Waals surface area contributed by atoms with Crippen molar-refractivity contribution in [2.75, 3.05) is 6.61 Å². The molecule has 0 radical (unpaired) electrons. The van der Waals surface area contributed by atoms with Crippen molar-refractivity contribution in [1.29, 1.82) is 0 Å². The van der Waals surface area contributed by atoms with Gasteiger partial charge in [0, 0.05) is 10.5 Å². The van der Waals surface area contributed by atoms with Crippen LogP contribution >= 0.6 is 15.9 Å². The van der Waals surface area contributed by atoms with Crippen LogP contribution in [0.1, 0.15) is 25.5 Å². The van der Waals surface area contributed by atoms with E-state index in [0.29, 0.717) is 6.61 Å². The Bertz CT molecular complexity index is 567. The first-order valence-electron chi connectivity index (χ1n) is 6.56. The second-order valence-corrected chi connectivity index (χ2v) is 5.33. The first-order chi connectivity index (χ1) is 9.60. The minimum atomic E-state index is -0.0103. The molecule has 0 bridgehead atoms. The average molecular weight is 336 g/mol. The second-order valence-electron chi connectivity index (χ2n) is 4.48. The van der Waals surface area contributed by atoms with Crippen LogP contribution in [0.25, 0.3) is 0 Å². The summed E-state index contributed by atoms with van der Waals surface area (Å²) in [5, 5.41) is 0. The molecular weight excluding hydrogens is 318 g/mol. The van der Waals surface area contributed by atoms with Gasteiger partial charge in [0.2, 0.25) is 0 Å². The van der Waals surface area contributed by atoms with Gasteiger partial charge in [0.15, 0.2) is 0 Å². The number of rotatable bonds is 5. The average Bonchev–Trinajstić information content (AvgIpc) is 2.41. The van der Waals surface area contributed by atoms with Gasteiger partial charge in [-0.25, -0.2) is 0 Å². The van der Waals surface area contributed by atoms with Crippen molar-refractivity contribution in [3.8, 4) is 17.2 Å². The molecule has 4 heteroatoms. The Morgan fingerprint density at radius 1 is 1.05 bits per heavy atom. The van der Waals surface area contributed by atoms with E-state index in [1.54, 1.807) is 0 Å². The van der Waals surface area contributed by atoms with Crippen molar-refractivity contribution < 1.29 is 9.47 Å². The normalized spacial score (nSPS) is 12.0. The fourth-order valence-electron chi connectivity index (χ4n) is 1.85. The van der Waals surface area contributed by atoms with E-state index < -0.39 is 0 Å². The smallest absolute Gasteiger partial charge is 0.128 e. The molecule has 1 atom stereocenters. The van der Waals surface area contributed by atoms with Gasteiger partial charge in [-0.2, -0.15) is 0 Å². The lowest BCUT2D eigenvalue weighted by atomic mass is 10.1. The monoisotopic (exact) mass is 335 g/mol. The third kappa shape index (κ3) is 3.74. The Labute approximate surface area is 127 Å². The van der Waals surface area contributed by atoms with Gasteiger partial charge in [-0.05, 0) is 55.8 Å². The number of ether oxygens (including phenoxy) is 2. The summed E-state index contributed by atoms with van der Waals surface area (Å²) < 4.78 is 12.2. The van der Waals surface area contributed by atoms with Crippen molar-refractivity contribution in [3.63, 3.8) is 0 Å². The van der Waals surface area contributed by atoms with E-state index >= 15 is 0 Å². The topological polar surface area (TPSA) is 44.5 Å². The predicted molar refractivity (Wildman–Crippen MR) is 84.4 cm³/mol. The van der Waals surface area contributed by atoms with Crippen LogP contribution in [-0.4, -0.2) is 6.61 Å². The molecule has 0 amide bonds. The summed E-state index contributed by atoms with van der Waals surface area (Å²) in [4.78, 5) is 0. The van der Waals surface area contributed by atoms with E-state index in [1.165, 1.54) is 0 Å². The summed E-state index contributed by atoms with van der Waals surface area (Å²) in [6.45, 7) is 4.57. The van der Waals surface area contributed by atoms with Crippen LogP contribution in [0.15, 0.2) is 46.9 Å². The Kier molecular flexibility index (Phi) is 5.04. The summed E-state index contributed by atoms with van der Waals surface area (Å²) in [6.07, 6.45) is 0. The maximum Gasteiger partial charge on any atom is 0.128 e. The maximum atomic E-state index is 5.88. The summed E-state index contributed by atoms with van der Waals surface area (Å²) in [6, 6.07) is 13.4. The van der Waals surface area contributed by atoms with Gasteiger partial charge in [-0.1, -0.05) is 22.0 Å². The standard InChI is InChI=1S/C16H18BrNO2/c1-3-19-12-4-6-13(7-5-12)20-14-8-9-15(11(2)18)16(17)10-14/h4-11H,3,18H2,1-2H3/t11-/m1/s1. The molecule has 0 heterocycles. The molecule has 106 valence electrons. The lowest BCUT2D eigenvalue weighted by Crippen LogP contribution is -2.05. The van der Waals surface area contributed by atoms with Crippen LogP contribution in [0.5, 0.6) is 17.2 Å². The molecule has 2 aromatic carbocycles. The maximum absolute atomic E-state index is 5.88. The molecule has 2 rings (SSSR count). The fourth-order valence-corrected chi connectivity index (χ4v) is 2.57. The number of halogens is 1. The van der Waals surface area contributed by atoms with Crippen LogP contribution in [0.4, 0.5) is 0 Å². The van der Waals surface area contributed by atoms with Gasteiger partial charge >= 0.3 is 0 Å². The number of benzene rings is 2. The van der Waals surface area contributed by atoms with Crippen molar-refractivity contribution >= 4 is 15.9 Å². The molecular formula is C16H18BrNO2. The van der Waals surface area contributed by atoms with Crippen molar-refractivity contribution in [2.24, 2.45) is 5.73 Å². The summed E-state index contributed by atoms with van der Waals surface area (Å²) in [7, 11) is 0. The zero-order valence-corrected chi connectivity index (χ0v) is 13.2. The highest BCUT2D eigenvalue weighted by Crippen LogP contribution is 2.30. The molecule has 0 unspecified atom stereocenters. The van der Waals surface area contributed by atoms with E-state index in [0.717, 1.165) is 27.3 Å². The van der Waals surface area contributed by atoms with Crippen LogP contribution in [0.2, 0.25) is 0 Å². The van der Waals surface area contributed by atoms with E-state index in [-0.39, 0.29) is 6.04 Å². The third-order valence-electron chi connectivity index (χ3n) is 2.83. The largest absolute Gasteiger partial charge is 0.494 e. The van der Waals surface area contributed by atoms with Crippen molar-refractivity contribution in [3.05, 3.63) is 52.5 Å². The molecule has 0 fully saturated rings. The third-order valence-corrected chi connectivity index (χ3v) is 3.52. The molecule has 0 saturated heterocycles. The minimum absolute atomic E-state index is 0.0103. The van der Waals surface area contributed by atoms with Gasteiger partial charge in [0.05, 0.1) is 6.61 Å². The highest BCUT2D eigenvalue weighted by atomic mass is 79.9. The molecule has 0 aliphatic carbocycles. The zero-order chi connectivity index (χ0) is 14.5. The molecule has 20 heavy (non-hydrogen) atoms. The van der Waals surface area contributed by atoms with Gasteiger partial charge in [0.1, 0.15) is 17.2 Å². The van der Waals surface area contributed by atoms with E-state index in [2.05, 4.69) is 15.9 Å². The van der Waals surface area contributed by atoms with Gasteiger partial charge < -0.3 is 15.2 Å².